The number of hydrogen-bond donors (Lipinski definition) is 1. The molecule has 2 saturated carbocycles. The molecule has 2 aliphatic rings. The zero-order valence-corrected chi connectivity index (χ0v) is 10.6. The predicted molar refractivity (Wildman–Crippen MR) is 65.6 cm³/mol. The second-order valence-corrected chi connectivity index (χ2v) is 6.43. The molecule has 4 unspecified atom stereocenters. The molecule has 5 atom stereocenters. The van der Waals surface area contributed by atoms with Crippen molar-refractivity contribution in [2.24, 2.45) is 28.9 Å². The van der Waals surface area contributed by atoms with Gasteiger partial charge >= 0.3 is 0 Å². The largest absolute Gasteiger partial charge is 0.328 e. The Balaban J connectivity index is 2.01. The summed E-state index contributed by atoms with van der Waals surface area (Å²) in [4.78, 5) is 0. The van der Waals surface area contributed by atoms with Crippen LogP contribution in [0.5, 0.6) is 0 Å². The fourth-order valence-corrected chi connectivity index (χ4v) is 4.45. The van der Waals surface area contributed by atoms with Crippen LogP contribution in [-0.4, -0.2) is 6.04 Å². The summed E-state index contributed by atoms with van der Waals surface area (Å²) in [6, 6.07) is 0.403. The number of hydrogen-bond acceptors (Lipinski definition) is 1. The minimum absolute atomic E-state index is 0.403. The first kappa shape index (κ1) is 11.4. The second kappa shape index (κ2) is 4.08. The zero-order chi connectivity index (χ0) is 11.1. The summed E-state index contributed by atoms with van der Waals surface area (Å²) >= 11 is 0. The van der Waals surface area contributed by atoms with Gasteiger partial charge < -0.3 is 5.73 Å². The molecule has 0 spiro atoms. The summed E-state index contributed by atoms with van der Waals surface area (Å²) in [5.41, 5.74) is 6.63. The highest BCUT2D eigenvalue weighted by molar-refractivity contribution is 5.03. The first-order valence-electron chi connectivity index (χ1n) is 6.82. The van der Waals surface area contributed by atoms with Crippen LogP contribution in [0.1, 0.15) is 59.3 Å². The van der Waals surface area contributed by atoms with Crippen LogP contribution < -0.4 is 5.73 Å². The summed E-state index contributed by atoms with van der Waals surface area (Å²) in [7, 11) is 0. The fourth-order valence-electron chi connectivity index (χ4n) is 4.45. The Morgan fingerprint density at radius 2 is 2.13 bits per heavy atom. The molecule has 0 bridgehead atoms. The highest BCUT2D eigenvalue weighted by Gasteiger charge is 2.53. The lowest BCUT2D eigenvalue weighted by atomic mass is 9.63. The Hall–Kier alpha value is -0.0400. The number of nitrogens with two attached hydrogens (primary N) is 1. The molecule has 0 heterocycles. The van der Waals surface area contributed by atoms with Gasteiger partial charge in [-0.05, 0) is 62.2 Å². The lowest BCUT2D eigenvalue weighted by Crippen LogP contribution is -2.34. The molecule has 2 fully saturated rings. The van der Waals surface area contributed by atoms with Crippen molar-refractivity contribution in [1.82, 2.24) is 0 Å². The minimum atomic E-state index is 0.403. The van der Waals surface area contributed by atoms with E-state index < -0.39 is 0 Å². The van der Waals surface area contributed by atoms with Crippen molar-refractivity contribution in [3.05, 3.63) is 0 Å². The van der Waals surface area contributed by atoms with Crippen molar-refractivity contribution in [3.8, 4) is 0 Å². The van der Waals surface area contributed by atoms with E-state index >= 15 is 0 Å². The van der Waals surface area contributed by atoms with E-state index in [0.717, 1.165) is 17.8 Å². The quantitative estimate of drug-likeness (QED) is 0.752. The van der Waals surface area contributed by atoms with E-state index in [2.05, 4.69) is 20.8 Å². The smallest absolute Gasteiger partial charge is 0.00132 e. The van der Waals surface area contributed by atoms with Crippen LogP contribution in [-0.2, 0) is 0 Å². The Morgan fingerprint density at radius 1 is 1.40 bits per heavy atom. The predicted octanol–water partition coefficient (Wildman–Crippen LogP) is 3.58. The summed E-state index contributed by atoms with van der Waals surface area (Å²) in [5, 5.41) is 0. The molecular weight excluding hydrogens is 182 g/mol. The molecule has 0 amide bonds. The highest BCUT2D eigenvalue weighted by atomic mass is 14.6. The van der Waals surface area contributed by atoms with Gasteiger partial charge in [0.15, 0.2) is 0 Å². The standard InChI is InChI=1S/C14H27N/c1-4-7-14(3)9-11(8-10(2)15)12-5-6-13(12)14/h10-13H,4-9,15H2,1-3H3/t10-,11?,12?,13?,14?/m1/s1. The van der Waals surface area contributed by atoms with Gasteiger partial charge in [0.1, 0.15) is 0 Å². The maximum atomic E-state index is 5.97. The maximum absolute atomic E-state index is 5.97. The van der Waals surface area contributed by atoms with E-state index in [1.807, 2.05) is 0 Å². The van der Waals surface area contributed by atoms with E-state index in [1.165, 1.54) is 38.5 Å². The Bertz CT molecular complexity index is 223. The Kier molecular flexibility index (Phi) is 3.12. The molecular formula is C14H27N. The van der Waals surface area contributed by atoms with Gasteiger partial charge in [0.25, 0.3) is 0 Å². The van der Waals surface area contributed by atoms with E-state index in [1.54, 1.807) is 0 Å². The van der Waals surface area contributed by atoms with Gasteiger partial charge in [-0.1, -0.05) is 20.3 Å². The van der Waals surface area contributed by atoms with Gasteiger partial charge in [-0.25, -0.2) is 0 Å². The van der Waals surface area contributed by atoms with Crippen LogP contribution in [0.25, 0.3) is 0 Å². The third-order valence-corrected chi connectivity index (χ3v) is 5.05. The van der Waals surface area contributed by atoms with Crippen LogP contribution in [0, 0.1) is 23.2 Å². The van der Waals surface area contributed by atoms with E-state index in [0.29, 0.717) is 11.5 Å². The molecule has 2 rings (SSSR count). The minimum Gasteiger partial charge on any atom is -0.328 e. The number of rotatable bonds is 4. The van der Waals surface area contributed by atoms with Gasteiger partial charge in [0, 0.05) is 6.04 Å². The molecule has 2 N–H and O–H groups in total. The molecule has 0 aliphatic heterocycles. The third kappa shape index (κ3) is 1.95. The van der Waals surface area contributed by atoms with Crippen molar-refractivity contribution in [2.45, 2.75) is 65.3 Å². The van der Waals surface area contributed by atoms with Crippen LogP contribution in [0.3, 0.4) is 0 Å². The molecule has 2 aliphatic carbocycles. The molecule has 0 aromatic rings. The molecule has 88 valence electrons. The van der Waals surface area contributed by atoms with Gasteiger partial charge in [0.05, 0.1) is 0 Å². The molecule has 1 nitrogen and oxygen atoms in total. The van der Waals surface area contributed by atoms with Crippen molar-refractivity contribution < 1.29 is 0 Å². The maximum Gasteiger partial charge on any atom is 0.00132 e. The third-order valence-electron chi connectivity index (χ3n) is 5.05. The van der Waals surface area contributed by atoms with E-state index in [4.69, 9.17) is 5.73 Å². The van der Waals surface area contributed by atoms with Gasteiger partial charge in [0.2, 0.25) is 0 Å². The summed E-state index contributed by atoms with van der Waals surface area (Å²) in [6.07, 6.45) is 8.49. The molecule has 15 heavy (non-hydrogen) atoms. The Morgan fingerprint density at radius 3 is 2.60 bits per heavy atom. The molecule has 0 radical (unpaired) electrons. The molecule has 0 saturated heterocycles. The SMILES string of the molecule is CCCC1(C)CC(C[C@@H](C)N)C2CCC21. The van der Waals surface area contributed by atoms with E-state index in [9.17, 15) is 0 Å². The van der Waals surface area contributed by atoms with Crippen LogP contribution >= 0.6 is 0 Å². The molecule has 0 aromatic carbocycles. The second-order valence-electron chi connectivity index (χ2n) is 6.43. The lowest BCUT2D eigenvalue weighted by molar-refractivity contribution is 0.0808. The summed E-state index contributed by atoms with van der Waals surface area (Å²) in [6.45, 7) is 7.04. The Labute approximate surface area is 94.8 Å². The van der Waals surface area contributed by atoms with Crippen LogP contribution in [0.15, 0.2) is 0 Å². The van der Waals surface area contributed by atoms with Crippen LogP contribution in [0.4, 0.5) is 0 Å². The molecule has 0 aromatic heterocycles. The van der Waals surface area contributed by atoms with Gasteiger partial charge in [-0.3, -0.25) is 0 Å². The lowest BCUT2D eigenvalue weighted by Gasteiger charge is -2.42. The van der Waals surface area contributed by atoms with Crippen molar-refractivity contribution in [2.75, 3.05) is 0 Å². The fraction of sp³-hybridized carbons (Fsp3) is 1.00. The first-order chi connectivity index (χ1) is 7.07. The van der Waals surface area contributed by atoms with Crippen LogP contribution in [0.2, 0.25) is 0 Å². The first-order valence-corrected chi connectivity index (χ1v) is 6.82. The van der Waals surface area contributed by atoms with Gasteiger partial charge in [-0.15, -0.1) is 0 Å². The topological polar surface area (TPSA) is 26.0 Å². The van der Waals surface area contributed by atoms with Gasteiger partial charge in [-0.2, -0.15) is 0 Å². The van der Waals surface area contributed by atoms with Crippen molar-refractivity contribution in [1.29, 1.82) is 0 Å². The van der Waals surface area contributed by atoms with E-state index in [-0.39, 0.29) is 0 Å². The normalized spacial score (nSPS) is 46.0. The highest BCUT2D eigenvalue weighted by Crippen LogP contribution is 2.62. The molecule has 1 heteroatoms. The average molecular weight is 209 g/mol. The monoisotopic (exact) mass is 209 g/mol. The zero-order valence-electron chi connectivity index (χ0n) is 10.6. The summed E-state index contributed by atoms with van der Waals surface area (Å²) < 4.78 is 0. The van der Waals surface area contributed by atoms with Crippen molar-refractivity contribution in [3.63, 3.8) is 0 Å². The number of fused-ring (bicyclic) bond motifs is 1. The van der Waals surface area contributed by atoms with Crippen molar-refractivity contribution >= 4 is 0 Å². The summed E-state index contributed by atoms with van der Waals surface area (Å²) in [5.74, 6) is 3.02. The average Bonchev–Trinajstić information content (AvgIpc) is 2.14.